The smallest absolute Gasteiger partial charge is 0.258 e. The zero-order valence-electron chi connectivity index (χ0n) is 15.4. The maximum atomic E-state index is 12.9. The topological polar surface area (TPSA) is 38.1 Å². The lowest BCUT2D eigenvalue weighted by Gasteiger charge is -2.26. The van der Waals surface area contributed by atoms with Gasteiger partial charge in [-0.2, -0.15) is 0 Å². The van der Waals surface area contributed by atoms with E-state index in [0.29, 0.717) is 24.7 Å². The third-order valence-corrected chi connectivity index (χ3v) is 5.09. The van der Waals surface area contributed by atoms with Crippen LogP contribution in [-0.4, -0.2) is 27.5 Å². The second kappa shape index (κ2) is 8.43. The molecule has 28 heavy (non-hydrogen) atoms. The van der Waals surface area contributed by atoms with Crippen molar-refractivity contribution in [1.82, 2.24) is 14.5 Å². The number of aromatic nitrogens is 2. The van der Waals surface area contributed by atoms with Crippen LogP contribution in [0.25, 0.3) is 0 Å². The molecule has 3 aromatic rings. The third-order valence-electron chi connectivity index (χ3n) is 4.84. The van der Waals surface area contributed by atoms with Gasteiger partial charge in [0, 0.05) is 30.1 Å². The van der Waals surface area contributed by atoms with Crippen molar-refractivity contribution in [3.8, 4) is 11.8 Å². The van der Waals surface area contributed by atoms with Gasteiger partial charge in [-0.1, -0.05) is 53.8 Å². The second-order valence-corrected chi connectivity index (χ2v) is 7.29. The molecular weight excluding hydrogens is 370 g/mol. The van der Waals surface area contributed by atoms with Gasteiger partial charge in [-0.15, -0.1) is 0 Å². The Balaban J connectivity index is 1.47. The Kier molecular flexibility index (Phi) is 5.57. The first kappa shape index (κ1) is 18.5. The summed E-state index contributed by atoms with van der Waals surface area (Å²) in [4.78, 5) is 19.7. The Morgan fingerprint density at radius 3 is 2.64 bits per heavy atom. The molecular formula is C23H20ClN3O. The Hall–Kier alpha value is -2.87. The molecule has 0 bridgehead atoms. The van der Waals surface area contributed by atoms with E-state index in [4.69, 9.17) is 11.6 Å². The Labute approximate surface area is 169 Å². The molecule has 1 aliphatic rings. The van der Waals surface area contributed by atoms with Gasteiger partial charge in [0.15, 0.2) is 0 Å². The fraction of sp³-hybridized carbons (Fsp3) is 0.217. The highest BCUT2D eigenvalue weighted by molar-refractivity contribution is 6.30. The van der Waals surface area contributed by atoms with E-state index in [2.05, 4.69) is 21.7 Å². The summed E-state index contributed by atoms with van der Waals surface area (Å²) in [5, 5.41) is 0.706. The summed E-state index contributed by atoms with van der Waals surface area (Å²) in [6.07, 6.45) is 2.45. The zero-order chi connectivity index (χ0) is 19.3. The number of rotatable bonds is 3. The molecule has 0 saturated heterocycles. The molecule has 1 aromatic heterocycles. The summed E-state index contributed by atoms with van der Waals surface area (Å²) in [5.41, 5.74) is 3.78. The minimum absolute atomic E-state index is 0.0456. The van der Waals surface area contributed by atoms with Gasteiger partial charge < -0.3 is 0 Å². The maximum Gasteiger partial charge on any atom is 0.258 e. The van der Waals surface area contributed by atoms with Crippen molar-refractivity contribution >= 4 is 11.6 Å². The Bertz CT molecular complexity index is 1080. The average Bonchev–Trinajstić information content (AvgIpc) is 2.73. The second-order valence-electron chi connectivity index (χ2n) is 6.86. The van der Waals surface area contributed by atoms with Crippen molar-refractivity contribution in [3.05, 3.63) is 98.7 Å². The van der Waals surface area contributed by atoms with E-state index in [1.807, 2.05) is 54.6 Å². The van der Waals surface area contributed by atoms with Crippen molar-refractivity contribution in [2.45, 2.75) is 19.5 Å². The number of fused-ring (bicyclic) bond motifs is 1. The van der Waals surface area contributed by atoms with E-state index in [1.165, 1.54) is 0 Å². The number of nitrogens with zero attached hydrogens (tertiary/aromatic N) is 3. The van der Waals surface area contributed by atoms with Crippen molar-refractivity contribution < 1.29 is 0 Å². The van der Waals surface area contributed by atoms with Gasteiger partial charge in [0.2, 0.25) is 0 Å². The summed E-state index contributed by atoms with van der Waals surface area (Å²) in [5.74, 6) is 6.35. The molecule has 0 atom stereocenters. The van der Waals surface area contributed by atoms with Gasteiger partial charge in [0.05, 0.1) is 30.7 Å². The highest BCUT2D eigenvalue weighted by atomic mass is 35.5. The number of hydrogen-bond donors (Lipinski definition) is 0. The molecule has 5 heteroatoms. The van der Waals surface area contributed by atoms with Gasteiger partial charge in [0.1, 0.15) is 0 Å². The van der Waals surface area contributed by atoms with E-state index >= 15 is 0 Å². The van der Waals surface area contributed by atoms with E-state index in [1.54, 1.807) is 10.9 Å². The van der Waals surface area contributed by atoms with Gasteiger partial charge in [0.25, 0.3) is 5.56 Å². The van der Waals surface area contributed by atoms with Crippen LogP contribution in [0.2, 0.25) is 5.02 Å². The van der Waals surface area contributed by atoms with Crippen LogP contribution in [0.3, 0.4) is 0 Å². The van der Waals surface area contributed by atoms with Crippen LogP contribution in [0.1, 0.15) is 22.4 Å². The molecule has 0 radical (unpaired) electrons. The fourth-order valence-corrected chi connectivity index (χ4v) is 3.45. The molecule has 0 amide bonds. The monoisotopic (exact) mass is 389 g/mol. The van der Waals surface area contributed by atoms with E-state index in [0.717, 1.165) is 35.3 Å². The molecule has 0 spiro atoms. The third kappa shape index (κ3) is 4.33. The van der Waals surface area contributed by atoms with Crippen LogP contribution in [-0.2, 0) is 19.5 Å². The van der Waals surface area contributed by atoms with Gasteiger partial charge >= 0.3 is 0 Å². The number of benzene rings is 2. The molecule has 0 saturated carbocycles. The molecule has 0 fully saturated rings. The Morgan fingerprint density at radius 2 is 1.86 bits per heavy atom. The molecule has 0 N–H and O–H groups in total. The van der Waals surface area contributed by atoms with Crippen molar-refractivity contribution in [1.29, 1.82) is 0 Å². The average molecular weight is 390 g/mol. The first-order valence-corrected chi connectivity index (χ1v) is 9.65. The van der Waals surface area contributed by atoms with Crippen LogP contribution in [0.4, 0.5) is 0 Å². The lowest BCUT2D eigenvalue weighted by molar-refractivity contribution is 0.280. The predicted octanol–water partition coefficient (Wildman–Crippen LogP) is 3.35. The van der Waals surface area contributed by atoms with Crippen LogP contribution in [0, 0.1) is 11.8 Å². The SMILES string of the molecule is O=c1c2c(ncn1Cc1ccccc1)CCN(CC#Cc1ccc(Cl)cc1)C2. The van der Waals surface area contributed by atoms with Crippen LogP contribution < -0.4 is 5.56 Å². The molecule has 2 aromatic carbocycles. The number of hydrogen-bond acceptors (Lipinski definition) is 3. The van der Waals surface area contributed by atoms with Gasteiger partial charge in [-0.05, 0) is 29.8 Å². The summed E-state index contributed by atoms with van der Waals surface area (Å²) in [6.45, 7) is 2.61. The van der Waals surface area contributed by atoms with Crippen LogP contribution >= 0.6 is 11.6 Å². The molecule has 0 unspecified atom stereocenters. The largest absolute Gasteiger partial charge is 0.294 e. The summed E-state index contributed by atoms with van der Waals surface area (Å²) < 4.78 is 1.69. The number of halogens is 1. The van der Waals surface area contributed by atoms with E-state index in [-0.39, 0.29) is 5.56 Å². The zero-order valence-corrected chi connectivity index (χ0v) is 16.2. The first-order valence-electron chi connectivity index (χ1n) is 9.27. The molecule has 4 rings (SSSR count). The lowest BCUT2D eigenvalue weighted by Crippen LogP contribution is -2.38. The highest BCUT2D eigenvalue weighted by Crippen LogP contribution is 2.13. The van der Waals surface area contributed by atoms with Crippen molar-refractivity contribution in [2.75, 3.05) is 13.1 Å². The standard InChI is InChI=1S/C23H20ClN3O/c24-20-10-8-18(9-11-20)7-4-13-26-14-12-22-21(16-26)23(28)27(17-25-22)15-19-5-2-1-3-6-19/h1-3,5-6,8-11,17H,12-16H2. The minimum atomic E-state index is 0.0456. The molecule has 2 heterocycles. The summed E-state index contributed by atoms with van der Waals surface area (Å²) >= 11 is 5.90. The summed E-state index contributed by atoms with van der Waals surface area (Å²) in [7, 11) is 0. The predicted molar refractivity (Wildman–Crippen MR) is 111 cm³/mol. The van der Waals surface area contributed by atoms with Crippen molar-refractivity contribution in [2.24, 2.45) is 0 Å². The Morgan fingerprint density at radius 1 is 1.07 bits per heavy atom. The molecule has 1 aliphatic heterocycles. The maximum absolute atomic E-state index is 12.9. The normalized spacial score (nSPS) is 13.5. The highest BCUT2D eigenvalue weighted by Gasteiger charge is 2.20. The quantitative estimate of drug-likeness (QED) is 0.645. The minimum Gasteiger partial charge on any atom is -0.294 e. The van der Waals surface area contributed by atoms with E-state index < -0.39 is 0 Å². The van der Waals surface area contributed by atoms with E-state index in [9.17, 15) is 4.79 Å². The fourth-order valence-electron chi connectivity index (χ4n) is 3.32. The van der Waals surface area contributed by atoms with Gasteiger partial charge in [-0.3, -0.25) is 14.3 Å². The van der Waals surface area contributed by atoms with Crippen molar-refractivity contribution in [3.63, 3.8) is 0 Å². The molecule has 140 valence electrons. The summed E-state index contributed by atoms with van der Waals surface area (Å²) in [6, 6.07) is 17.5. The molecule has 0 aliphatic carbocycles. The van der Waals surface area contributed by atoms with Gasteiger partial charge in [-0.25, -0.2) is 4.98 Å². The molecule has 4 nitrogen and oxygen atoms in total. The lowest BCUT2D eigenvalue weighted by atomic mass is 10.1. The first-order chi connectivity index (χ1) is 13.7. The van der Waals surface area contributed by atoms with Crippen LogP contribution in [0.5, 0.6) is 0 Å². The van der Waals surface area contributed by atoms with Crippen LogP contribution in [0.15, 0.2) is 65.7 Å².